The summed E-state index contributed by atoms with van der Waals surface area (Å²) in [6.45, 7) is 0.466. The molecule has 0 radical (unpaired) electrons. The van der Waals surface area contributed by atoms with Crippen LogP contribution >= 0.6 is 0 Å². The second-order valence-corrected chi connectivity index (χ2v) is 7.41. The van der Waals surface area contributed by atoms with Crippen LogP contribution in [0.1, 0.15) is 35.1 Å². The molecule has 0 saturated carbocycles. The maximum Gasteiger partial charge on any atom is 0.221 e. The van der Waals surface area contributed by atoms with E-state index in [-0.39, 0.29) is 23.7 Å². The molecule has 3 aromatic rings. The second kappa shape index (κ2) is 9.99. The quantitative estimate of drug-likeness (QED) is 0.601. The van der Waals surface area contributed by atoms with E-state index in [2.05, 4.69) is 29.6 Å². The highest BCUT2D eigenvalue weighted by Crippen LogP contribution is 2.28. The molecule has 3 nitrogen and oxygen atoms in total. The van der Waals surface area contributed by atoms with Crippen LogP contribution in [0.25, 0.3) is 0 Å². The molecule has 1 atom stereocenters. The van der Waals surface area contributed by atoms with Crippen LogP contribution in [0.3, 0.4) is 0 Å². The van der Waals surface area contributed by atoms with Crippen molar-refractivity contribution < 1.29 is 9.18 Å². The van der Waals surface area contributed by atoms with Gasteiger partial charge in [0, 0.05) is 18.9 Å². The average molecular weight is 391 g/mol. The molecule has 0 bridgehead atoms. The fourth-order valence-electron chi connectivity index (χ4n) is 3.55. The Labute approximate surface area is 172 Å². The molecule has 0 aromatic heterocycles. The molecule has 3 aromatic carbocycles. The molecular weight excluding hydrogens is 363 g/mol. The monoisotopic (exact) mass is 390 g/mol. The standard InChI is InChI=1S/C25H27FN2O/c1-28(2)24(21-13-15-22(26)16-14-21)18-27-25(29)17-23(19-9-5-3-6-10-19)20-11-7-4-8-12-20/h3-16,23-24H,17-18H2,1-2H3,(H,27,29). The third-order valence-corrected chi connectivity index (χ3v) is 5.16. The zero-order valence-corrected chi connectivity index (χ0v) is 16.9. The lowest BCUT2D eigenvalue weighted by Gasteiger charge is -2.26. The fourth-order valence-corrected chi connectivity index (χ4v) is 3.55. The van der Waals surface area contributed by atoms with Gasteiger partial charge in [0.2, 0.25) is 5.91 Å². The SMILES string of the molecule is CN(C)C(CNC(=O)CC(c1ccccc1)c1ccccc1)c1ccc(F)cc1. The Kier molecular flexibility index (Phi) is 7.14. The molecule has 0 spiro atoms. The number of benzene rings is 3. The van der Waals surface area contributed by atoms with Gasteiger partial charge < -0.3 is 10.2 Å². The number of nitrogens with one attached hydrogen (secondary N) is 1. The minimum absolute atomic E-state index is 0.000951. The Hall–Kier alpha value is -2.98. The van der Waals surface area contributed by atoms with Gasteiger partial charge in [-0.15, -0.1) is 0 Å². The summed E-state index contributed by atoms with van der Waals surface area (Å²) >= 11 is 0. The van der Waals surface area contributed by atoms with Crippen molar-refractivity contribution >= 4 is 5.91 Å². The van der Waals surface area contributed by atoms with E-state index in [1.807, 2.05) is 55.4 Å². The lowest BCUT2D eigenvalue weighted by Crippen LogP contribution is -2.35. The third-order valence-electron chi connectivity index (χ3n) is 5.16. The average Bonchev–Trinajstić information content (AvgIpc) is 2.74. The van der Waals surface area contributed by atoms with Crippen LogP contribution in [-0.2, 0) is 4.79 Å². The number of nitrogens with zero attached hydrogens (tertiary/aromatic N) is 1. The van der Waals surface area contributed by atoms with Gasteiger partial charge in [-0.2, -0.15) is 0 Å². The van der Waals surface area contributed by atoms with E-state index in [0.717, 1.165) is 16.7 Å². The molecule has 0 aliphatic rings. The smallest absolute Gasteiger partial charge is 0.221 e. The Morgan fingerprint density at radius 2 is 1.34 bits per heavy atom. The van der Waals surface area contributed by atoms with Crippen molar-refractivity contribution in [2.24, 2.45) is 0 Å². The molecule has 1 unspecified atom stereocenters. The fraction of sp³-hybridized carbons (Fsp3) is 0.240. The summed E-state index contributed by atoms with van der Waals surface area (Å²) in [7, 11) is 3.91. The van der Waals surface area contributed by atoms with Crippen molar-refractivity contribution in [3.8, 4) is 0 Å². The van der Waals surface area contributed by atoms with E-state index in [1.165, 1.54) is 12.1 Å². The summed E-state index contributed by atoms with van der Waals surface area (Å²) in [6.07, 6.45) is 0.373. The number of carbonyl (C=O) groups is 1. The molecule has 0 fully saturated rings. The first kappa shape index (κ1) is 20.7. The van der Waals surface area contributed by atoms with Crippen LogP contribution in [0.2, 0.25) is 0 Å². The number of amides is 1. The molecule has 1 N–H and O–H groups in total. The van der Waals surface area contributed by atoms with Gasteiger partial charge in [0.25, 0.3) is 0 Å². The molecule has 0 aliphatic heterocycles. The van der Waals surface area contributed by atoms with Gasteiger partial charge in [-0.1, -0.05) is 72.8 Å². The summed E-state index contributed by atoms with van der Waals surface area (Å²) in [5.41, 5.74) is 3.22. The zero-order chi connectivity index (χ0) is 20.6. The van der Waals surface area contributed by atoms with Gasteiger partial charge in [-0.05, 0) is 42.9 Å². The lowest BCUT2D eigenvalue weighted by molar-refractivity contribution is -0.121. The van der Waals surface area contributed by atoms with Crippen molar-refractivity contribution in [1.82, 2.24) is 10.2 Å². The Morgan fingerprint density at radius 1 is 0.828 bits per heavy atom. The maximum absolute atomic E-state index is 13.2. The van der Waals surface area contributed by atoms with Gasteiger partial charge in [0.05, 0.1) is 6.04 Å². The first-order valence-corrected chi connectivity index (χ1v) is 9.83. The summed E-state index contributed by atoms with van der Waals surface area (Å²) in [5.74, 6) is -0.262. The number of hydrogen-bond donors (Lipinski definition) is 1. The van der Waals surface area contributed by atoms with E-state index in [4.69, 9.17) is 0 Å². The van der Waals surface area contributed by atoms with Crippen LogP contribution in [0.15, 0.2) is 84.9 Å². The number of halogens is 1. The molecule has 150 valence electrons. The molecular formula is C25H27FN2O. The number of hydrogen-bond acceptors (Lipinski definition) is 2. The van der Waals surface area contributed by atoms with Crippen molar-refractivity contribution in [3.63, 3.8) is 0 Å². The number of carbonyl (C=O) groups excluding carboxylic acids is 1. The predicted molar refractivity (Wildman–Crippen MR) is 115 cm³/mol. The number of rotatable bonds is 8. The maximum atomic E-state index is 13.2. The topological polar surface area (TPSA) is 32.3 Å². The van der Waals surface area contributed by atoms with Gasteiger partial charge in [0.1, 0.15) is 5.82 Å². The first-order valence-electron chi connectivity index (χ1n) is 9.83. The van der Waals surface area contributed by atoms with Crippen molar-refractivity contribution in [2.75, 3.05) is 20.6 Å². The molecule has 4 heteroatoms. The Balaban J connectivity index is 1.70. The van der Waals surface area contributed by atoms with Crippen LogP contribution in [-0.4, -0.2) is 31.4 Å². The Morgan fingerprint density at radius 3 is 1.83 bits per heavy atom. The van der Waals surface area contributed by atoms with Crippen LogP contribution in [0.4, 0.5) is 4.39 Å². The van der Waals surface area contributed by atoms with Crippen molar-refractivity contribution in [1.29, 1.82) is 0 Å². The van der Waals surface area contributed by atoms with Gasteiger partial charge in [-0.3, -0.25) is 4.79 Å². The van der Waals surface area contributed by atoms with Crippen molar-refractivity contribution in [3.05, 3.63) is 107 Å². The highest BCUT2D eigenvalue weighted by molar-refractivity contribution is 5.77. The number of likely N-dealkylation sites (N-methyl/N-ethyl adjacent to an activating group) is 1. The molecule has 0 aliphatic carbocycles. The van der Waals surface area contributed by atoms with Crippen LogP contribution < -0.4 is 5.32 Å². The van der Waals surface area contributed by atoms with Gasteiger partial charge in [-0.25, -0.2) is 4.39 Å². The predicted octanol–water partition coefficient (Wildman–Crippen LogP) is 4.77. The summed E-state index contributed by atoms with van der Waals surface area (Å²) in [6, 6.07) is 26.6. The minimum atomic E-state index is -0.260. The van der Waals surface area contributed by atoms with E-state index >= 15 is 0 Å². The molecule has 3 rings (SSSR count). The second-order valence-electron chi connectivity index (χ2n) is 7.41. The van der Waals surface area contributed by atoms with Gasteiger partial charge in [0.15, 0.2) is 0 Å². The van der Waals surface area contributed by atoms with E-state index in [0.29, 0.717) is 13.0 Å². The van der Waals surface area contributed by atoms with Crippen molar-refractivity contribution in [2.45, 2.75) is 18.4 Å². The Bertz CT molecular complexity index is 856. The highest BCUT2D eigenvalue weighted by Gasteiger charge is 2.20. The molecule has 0 saturated heterocycles. The van der Waals surface area contributed by atoms with E-state index in [1.54, 1.807) is 12.1 Å². The normalized spacial score (nSPS) is 12.2. The summed E-state index contributed by atoms with van der Waals surface area (Å²) in [5, 5.41) is 3.07. The highest BCUT2D eigenvalue weighted by atomic mass is 19.1. The molecule has 29 heavy (non-hydrogen) atoms. The minimum Gasteiger partial charge on any atom is -0.354 e. The van der Waals surface area contributed by atoms with E-state index in [9.17, 15) is 9.18 Å². The van der Waals surface area contributed by atoms with E-state index < -0.39 is 0 Å². The van der Waals surface area contributed by atoms with Gasteiger partial charge >= 0.3 is 0 Å². The van der Waals surface area contributed by atoms with Crippen LogP contribution in [0.5, 0.6) is 0 Å². The summed E-state index contributed by atoms with van der Waals surface area (Å²) in [4.78, 5) is 14.9. The third kappa shape index (κ3) is 5.75. The summed E-state index contributed by atoms with van der Waals surface area (Å²) < 4.78 is 13.2. The lowest BCUT2D eigenvalue weighted by atomic mass is 9.88. The molecule has 0 heterocycles. The largest absolute Gasteiger partial charge is 0.354 e. The molecule has 1 amide bonds. The van der Waals surface area contributed by atoms with Crippen LogP contribution in [0, 0.1) is 5.82 Å². The first-order chi connectivity index (χ1) is 14.0. The zero-order valence-electron chi connectivity index (χ0n) is 16.9.